The lowest BCUT2D eigenvalue weighted by atomic mass is 10.2. The van der Waals surface area contributed by atoms with E-state index in [1.54, 1.807) is 0 Å². The Morgan fingerprint density at radius 3 is 2.78 bits per heavy atom. The van der Waals surface area contributed by atoms with Gasteiger partial charge in [-0.15, -0.1) is 0 Å². The van der Waals surface area contributed by atoms with Crippen LogP contribution in [0.3, 0.4) is 0 Å². The molecule has 0 unspecified atom stereocenters. The summed E-state index contributed by atoms with van der Waals surface area (Å²) in [7, 11) is 0. The van der Waals surface area contributed by atoms with E-state index in [0.29, 0.717) is 23.9 Å². The highest BCUT2D eigenvalue weighted by Crippen LogP contribution is 2.14. The van der Waals surface area contributed by atoms with Crippen molar-refractivity contribution >= 4 is 17.6 Å². The fourth-order valence-electron chi connectivity index (χ4n) is 1.55. The van der Waals surface area contributed by atoms with Crippen LogP contribution in [0.4, 0.5) is 0 Å². The van der Waals surface area contributed by atoms with E-state index in [2.05, 4.69) is 5.32 Å². The van der Waals surface area contributed by atoms with E-state index in [4.69, 9.17) is 21.1 Å². The SMILES string of the molecule is O=C(O)c1coc(CNCc2ccccc2Cl)c1. The van der Waals surface area contributed by atoms with Crippen LogP contribution in [0.1, 0.15) is 21.7 Å². The smallest absolute Gasteiger partial charge is 0.338 e. The molecule has 2 N–H and O–H groups in total. The van der Waals surface area contributed by atoms with Crippen LogP contribution in [0.5, 0.6) is 0 Å². The fourth-order valence-corrected chi connectivity index (χ4v) is 1.75. The number of carboxylic acid groups (broad SMARTS) is 1. The van der Waals surface area contributed by atoms with Crippen molar-refractivity contribution in [2.24, 2.45) is 0 Å². The molecule has 2 rings (SSSR count). The van der Waals surface area contributed by atoms with Crippen molar-refractivity contribution in [3.63, 3.8) is 0 Å². The lowest BCUT2D eigenvalue weighted by molar-refractivity contribution is 0.0696. The molecule has 0 spiro atoms. The maximum atomic E-state index is 10.7. The quantitative estimate of drug-likeness (QED) is 0.873. The van der Waals surface area contributed by atoms with E-state index in [-0.39, 0.29) is 5.56 Å². The molecule has 0 aliphatic rings. The largest absolute Gasteiger partial charge is 0.478 e. The minimum Gasteiger partial charge on any atom is -0.478 e. The minimum atomic E-state index is -0.990. The van der Waals surface area contributed by atoms with Crippen LogP contribution >= 0.6 is 11.6 Å². The summed E-state index contributed by atoms with van der Waals surface area (Å²) >= 11 is 6.01. The molecule has 1 aromatic heterocycles. The number of hydrogen-bond acceptors (Lipinski definition) is 3. The van der Waals surface area contributed by atoms with Crippen molar-refractivity contribution in [1.29, 1.82) is 0 Å². The highest BCUT2D eigenvalue weighted by atomic mass is 35.5. The topological polar surface area (TPSA) is 62.5 Å². The molecule has 0 radical (unpaired) electrons. The lowest BCUT2D eigenvalue weighted by Crippen LogP contribution is -2.12. The summed E-state index contributed by atoms with van der Waals surface area (Å²) in [5, 5.41) is 12.6. The van der Waals surface area contributed by atoms with E-state index >= 15 is 0 Å². The van der Waals surface area contributed by atoms with Crippen LogP contribution in [-0.2, 0) is 13.1 Å². The van der Waals surface area contributed by atoms with Gasteiger partial charge in [-0.2, -0.15) is 0 Å². The highest BCUT2D eigenvalue weighted by Gasteiger charge is 2.07. The Kier molecular flexibility index (Phi) is 4.02. The van der Waals surface area contributed by atoms with Gasteiger partial charge in [0.15, 0.2) is 0 Å². The van der Waals surface area contributed by atoms with E-state index in [9.17, 15) is 4.79 Å². The third kappa shape index (κ3) is 3.12. The number of nitrogens with one attached hydrogen (secondary N) is 1. The molecular formula is C13H12ClNO3. The zero-order valence-corrected chi connectivity index (χ0v) is 10.3. The van der Waals surface area contributed by atoms with Crippen LogP contribution in [0, 0.1) is 0 Å². The van der Waals surface area contributed by atoms with E-state index in [0.717, 1.165) is 5.56 Å². The molecule has 5 heteroatoms. The van der Waals surface area contributed by atoms with E-state index in [1.165, 1.54) is 12.3 Å². The minimum absolute atomic E-state index is 0.157. The summed E-state index contributed by atoms with van der Waals surface area (Å²) < 4.78 is 5.12. The van der Waals surface area contributed by atoms with Gasteiger partial charge in [0, 0.05) is 11.6 Å². The summed E-state index contributed by atoms with van der Waals surface area (Å²) in [5.41, 5.74) is 1.15. The predicted molar refractivity (Wildman–Crippen MR) is 67.7 cm³/mol. The Balaban J connectivity index is 1.88. The first-order valence-corrected chi connectivity index (χ1v) is 5.79. The number of aromatic carboxylic acids is 1. The molecule has 0 bridgehead atoms. The average molecular weight is 266 g/mol. The van der Waals surface area contributed by atoms with Crippen LogP contribution in [0.25, 0.3) is 0 Å². The van der Waals surface area contributed by atoms with Crippen molar-refractivity contribution in [2.75, 3.05) is 0 Å². The normalized spacial score (nSPS) is 10.5. The Hall–Kier alpha value is -1.78. The number of hydrogen-bond donors (Lipinski definition) is 2. The van der Waals surface area contributed by atoms with Crippen LogP contribution in [-0.4, -0.2) is 11.1 Å². The summed E-state index contributed by atoms with van der Waals surface area (Å²) in [6.07, 6.45) is 1.23. The summed E-state index contributed by atoms with van der Waals surface area (Å²) in [5.74, 6) is -0.407. The second kappa shape index (κ2) is 5.71. The standard InChI is InChI=1S/C13H12ClNO3/c14-12-4-2-1-3-9(12)6-15-7-11-5-10(8-18-11)13(16)17/h1-5,8,15H,6-7H2,(H,16,17). The van der Waals surface area contributed by atoms with Gasteiger partial charge >= 0.3 is 5.97 Å². The van der Waals surface area contributed by atoms with E-state index in [1.807, 2.05) is 24.3 Å². The van der Waals surface area contributed by atoms with Crippen LogP contribution in [0.15, 0.2) is 41.0 Å². The van der Waals surface area contributed by atoms with Gasteiger partial charge in [0.1, 0.15) is 12.0 Å². The molecule has 94 valence electrons. The number of carbonyl (C=O) groups is 1. The third-order valence-electron chi connectivity index (χ3n) is 2.47. The van der Waals surface area contributed by atoms with Crippen LogP contribution < -0.4 is 5.32 Å². The molecule has 1 heterocycles. The second-order valence-electron chi connectivity index (χ2n) is 3.80. The van der Waals surface area contributed by atoms with Gasteiger partial charge < -0.3 is 14.8 Å². The average Bonchev–Trinajstić information content (AvgIpc) is 2.80. The predicted octanol–water partition coefficient (Wildman–Crippen LogP) is 2.92. The molecule has 0 saturated heterocycles. The molecule has 2 aromatic rings. The van der Waals surface area contributed by atoms with Gasteiger partial charge in [-0.3, -0.25) is 0 Å². The van der Waals surface area contributed by atoms with Gasteiger partial charge in [-0.25, -0.2) is 4.79 Å². The van der Waals surface area contributed by atoms with Gasteiger partial charge in [0.2, 0.25) is 0 Å². The van der Waals surface area contributed by atoms with Crippen molar-refractivity contribution in [1.82, 2.24) is 5.32 Å². The number of carboxylic acids is 1. The third-order valence-corrected chi connectivity index (χ3v) is 2.84. The molecular weight excluding hydrogens is 254 g/mol. The molecule has 0 saturated carbocycles. The fraction of sp³-hybridized carbons (Fsp3) is 0.154. The first-order chi connectivity index (χ1) is 8.66. The molecule has 18 heavy (non-hydrogen) atoms. The highest BCUT2D eigenvalue weighted by molar-refractivity contribution is 6.31. The maximum Gasteiger partial charge on any atom is 0.338 e. The second-order valence-corrected chi connectivity index (χ2v) is 4.21. The van der Waals surface area contributed by atoms with Crippen molar-refractivity contribution in [3.05, 3.63) is 58.5 Å². The number of benzene rings is 1. The zero-order valence-electron chi connectivity index (χ0n) is 9.52. The molecule has 4 nitrogen and oxygen atoms in total. The molecule has 0 aliphatic carbocycles. The van der Waals surface area contributed by atoms with Crippen molar-refractivity contribution < 1.29 is 14.3 Å². The Morgan fingerprint density at radius 2 is 2.11 bits per heavy atom. The molecule has 0 atom stereocenters. The number of furan rings is 1. The molecule has 1 aromatic carbocycles. The summed E-state index contributed by atoms with van der Waals surface area (Å²) in [6.45, 7) is 1.06. The van der Waals surface area contributed by atoms with Gasteiger partial charge in [-0.05, 0) is 17.7 Å². The molecule has 0 aliphatic heterocycles. The number of rotatable bonds is 5. The summed E-state index contributed by atoms with van der Waals surface area (Å²) in [4.78, 5) is 10.7. The van der Waals surface area contributed by atoms with Gasteiger partial charge in [0.05, 0.1) is 12.1 Å². The molecule has 0 fully saturated rings. The first-order valence-electron chi connectivity index (χ1n) is 5.41. The maximum absolute atomic E-state index is 10.7. The number of halogens is 1. The summed E-state index contributed by atoms with van der Waals surface area (Å²) in [6, 6.07) is 9.05. The Labute approximate surface area is 109 Å². The zero-order chi connectivity index (χ0) is 13.0. The first kappa shape index (κ1) is 12.7. The Morgan fingerprint density at radius 1 is 1.33 bits per heavy atom. The monoisotopic (exact) mass is 265 g/mol. The van der Waals surface area contributed by atoms with E-state index < -0.39 is 5.97 Å². The lowest BCUT2D eigenvalue weighted by Gasteiger charge is -2.04. The molecule has 0 amide bonds. The van der Waals surface area contributed by atoms with Crippen molar-refractivity contribution in [3.8, 4) is 0 Å². The van der Waals surface area contributed by atoms with Gasteiger partial charge in [0.25, 0.3) is 0 Å². The van der Waals surface area contributed by atoms with Crippen molar-refractivity contribution in [2.45, 2.75) is 13.1 Å². The Bertz CT molecular complexity index is 551. The van der Waals surface area contributed by atoms with Gasteiger partial charge in [-0.1, -0.05) is 29.8 Å². The van der Waals surface area contributed by atoms with Crippen LogP contribution in [0.2, 0.25) is 5.02 Å².